The maximum atomic E-state index is 9.80. The lowest BCUT2D eigenvalue weighted by Gasteiger charge is -2.11. The largest absolute Gasteiger partial charge is 0.508 e. The molecular formula is C15H16O4. The van der Waals surface area contributed by atoms with Gasteiger partial charge in [0.1, 0.15) is 5.75 Å². The van der Waals surface area contributed by atoms with Gasteiger partial charge in [0.2, 0.25) is 5.75 Å². The molecule has 4 heteroatoms. The van der Waals surface area contributed by atoms with Gasteiger partial charge in [0.15, 0.2) is 11.5 Å². The summed E-state index contributed by atoms with van der Waals surface area (Å²) in [5.74, 6) is -0.935. The minimum Gasteiger partial charge on any atom is -0.508 e. The van der Waals surface area contributed by atoms with E-state index in [4.69, 9.17) is 0 Å². The lowest BCUT2D eigenvalue weighted by molar-refractivity contribution is 0.365. The molecule has 0 amide bonds. The highest BCUT2D eigenvalue weighted by Gasteiger charge is 2.13. The number of hydrogen-bond acceptors (Lipinski definition) is 4. The van der Waals surface area contributed by atoms with Crippen molar-refractivity contribution in [2.45, 2.75) is 20.3 Å². The molecule has 0 saturated carbocycles. The molecule has 2 aromatic carbocycles. The standard InChI is InChI=1S/C15H16O4/c1-8-6-13(17)9(2)5-11(8)7-10-3-4-12(16)15(19)14(10)18/h3-6,16-19H,7H2,1-2H3. The third-order valence-electron chi connectivity index (χ3n) is 3.25. The molecule has 0 atom stereocenters. The third kappa shape index (κ3) is 2.42. The molecule has 0 aliphatic carbocycles. The fraction of sp³-hybridized carbons (Fsp3) is 0.200. The minimum atomic E-state index is -0.509. The van der Waals surface area contributed by atoms with Gasteiger partial charge < -0.3 is 20.4 Å². The van der Waals surface area contributed by atoms with E-state index in [-0.39, 0.29) is 17.2 Å². The summed E-state index contributed by atoms with van der Waals surface area (Å²) in [5, 5.41) is 38.2. The van der Waals surface area contributed by atoms with Crippen molar-refractivity contribution in [3.05, 3.63) is 46.5 Å². The second-order valence-corrected chi connectivity index (χ2v) is 4.68. The SMILES string of the molecule is Cc1cc(Cc2ccc(O)c(O)c2O)c(C)cc1O. The Hall–Kier alpha value is -2.36. The van der Waals surface area contributed by atoms with Gasteiger partial charge in [-0.2, -0.15) is 0 Å². The first-order valence-corrected chi connectivity index (χ1v) is 5.92. The van der Waals surface area contributed by atoms with Crippen LogP contribution in [-0.2, 0) is 6.42 Å². The van der Waals surface area contributed by atoms with E-state index >= 15 is 0 Å². The molecule has 2 aromatic rings. The summed E-state index contributed by atoms with van der Waals surface area (Å²) in [5.41, 5.74) is 3.11. The number of benzene rings is 2. The fourth-order valence-electron chi connectivity index (χ4n) is 2.01. The van der Waals surface area contributed by atoms with E-state index in [1.807, 2.05) is 13.0 Å². The molecule has 0 aromatic heterocycles. The van der Waals surface area contributed by atoms with Crippen LogP contribution in [0.15, 0.2) is 24.3 Å². The monoisotopic (exact) mass is 260 g/mol. The second kappa shape index (κ2) is 4.72. The summed E-state index contributed by atoms with van der Waals surface area (Å²) in [6, 6.07) is 6.41. The minimum absolute atomic E-state index is 0.235. The third-order valence-corrected chi connectivity index (χ3v) is 3.25. The van der Waals surface area contributed by atoms with E-state index < -0.39 is 5.75 Å². The normalized spacial score (nSPS) is 10.6. The molecule has 100 valence electrons. The highest BCUT2D eigenvalue weighted by molar-refractivity contribution is 5.55. The molecule has 0 unspecified atom stereocenters. The maximum Gasteiger partial charge on any atom is 0.200 e. The Morgan fingerprint density at radius 2 is 1.42 bits per heavy atom. The molecule has 4 N–H and O–H groups in total. The van der Waals surface area contributed by atoms with Gasteiger partial charge in [-0.15, -0.1) is 0 Å². The van der Waals surface area contributed by atoms with Crippen LogP contribution < -0.4 is 0 Å². The topological polar surface area (TPSA) is 80.9 Å². The van der Waals surface area contributed by atoms with E-state index in [1.165, 1.54) is 6.07 Å². The number of aryl methyl sites for hydroxylation is 2. The van der Waals surface area contributed by atoms with Crippen molar-refractivity contribution in [3.8, 4) is 23.0 Å². The van der Waals surface area contributed by atoms with Crippen LogP contribution in [0, 0.1) is 13.8 Å². The lowest BCUT2D eigenvalue weighted by Crippen LogP contribution is -1.94. The van der Waals surface area contributed by atoms with Gasteiger partial charge in [-0.25, -0.2) is 0 Å². The average Bonchev–Trinajstić information content (AvgIpc) is 2.36. The van der Waals surface area contributed by atoms with Crippen LogP contribution in [0.1, 0.15) is 22.3 Å². The van der Waals surface area contributed by atoms with E-state index in [1.54, 1.807) is 19.1 Å². The van der Waals surface area contributed by atoms with Gasteiger partial charge in [-0.3, -0.25) is 0 Å². The van der Waals surface area contributed by atoms with Crippen molar-refractivity contribution in [2.24, 2.45) is 0 Å². The predicted octanol–water partition coefficient (Wildman–Crippen LogP) is 2.72. The van der Waals surface area contributed by atoms with Crippen LogP contribution >= 0.6 is 0 Å². The van der Waals surface area contributed by atoms with Crippen LogP contribution in [-0.4, -0.2) is 20.4 Å². The van der Waals surface area contributed by atoms with Crippen molar-refractivity contribution >= 4 is 0 Å². The maximum absolute atomic E-state index is 9.80. The Balaban J connectivity index is 2.42. The van der Waals surface area contributed by atoms with Crippen LogP contribution in [0.5, 0.6) is 23.0 Å². The number of phenolic OH excluding ortho intramolecular Hbond substituents is 4. The number of hydrogen-bond donors (Lipinski definition) is 4. The van der Waals surface area contributed by atoms with Gasteiger partial charge >= 0.3 is 0 Å². The van der Waals surface area contributed by atoms with E-state index in [0.717, 1.165) is 16.7 Å². The molecule has 2 rings (SSSR count). The molecule has 0 spiro atoms. The molecule has 0 radical (unpaired) electrons. The summed E-state index contributed by atoms with van der Waals surface area (Å²) in [4.78, 5) is 0. The Morgan fingerprint density at radius 3 is 2.11 bits per heavy atom. The van der Waals surface area contributed by atoms with E-state index in [9.17, 15) is 20.4 Å². The number of aromatic hydroxyl groups is 4. The van der Waals surface area contributed by atoms with Crippen LogP contribution in [0.2, 0.25) is 0 Å². The van der Waals surface area contributed by atoms with Crippen molar-refractivity contribution in [3.63, 3.8) is 0 Å². The van der Waals surface area contributed by atoms with Gasteiger partial charge in [-0.1, -0.05) is 12.1 Å². The van der Waals surface area contributed by atoms with Gasteiger partial charge in [0.05, 0.1) is 0 Å². The summed E-state index contributed by atoms with van der Waals surface area (Å²) in [6.07, 6.45) is 0.409. The number of rotatable bonds is 2. The smallest absolute Gasteiger partial charge is 0.200 e. The molecule has 0 aliphatic rings. The molecular weight excluding hydrogens is 244 g/mol. The molecule has 4 nitrogen and oxygen atoms in total. The first kappa shape index (κ1) is 13.1. The first-order valence-electron chi connectivity index (χ1n) is 5.92. The van der Waals surface area contributed by atoms with Crippen LogP contribution in [0.25, 0.3) is 0 Å². The molecule has 0 saturated heterocycles. The Morgan fingerprint density at radius 1 is 0.737 bits per heavy atom. The quantitative estimate of drug-likeness (QED) is 0.626. The predicted molar refractivity (Wildman–Crippen MR) is 71.8 cm³/mol. The zero-order valence-electron chi connectivity index (χ0n) is 10.8. The van der Waals surface area contributed by atoms with Crippen LogP contribution in [0.3, 0.4) is 0 Å². The summed E-state index contributed by atoms with van der Waals surface area (Å²) < 4.78 is 0. The van der Waals surface area contributed by atoms with Gasteiger partial charge in [0.25, 0.3) is 0 Å². The van der Waals surface area contributed by atoms with Crippen molar-refractivity contribution < 1.29 is 20.4 Å². The average molecular weight is 260 g/mol. The van der Waals surface area contributed by atoms with E-state index in [2.05, 4.69) is 0 Å². The molecule has 0 bridgehead atoms. The molecule has 0 aliphatic heterocycles. The van der Waals surface area contributed by atoms with Crippen molar-refractivity contribution in [1.29, 1.82) is 0 Å². The van der Waals surface area contributed by atoms with Crippen molar-refractivity contribution in [2.75, 3.05) is 0 Å². The summed E-state index contributed by atoms with van der Waals surface area (Å²) in [7, 11) is 0. The lowest BCUT2D eigenvalue weighted by atomic mass is 9.97. The highest BCUT2D eigenvalue weighted by Crippen LogP contribution is 2.38. The zero-order valence-corrected chi connectivity index (χ0v) is 10.8. The second-order valence-electron chi connectivity index (χ2n) is 4.68. The van der Waals surface area contributed by atoms with Crippen LogP contribution in [0.4, 0.5) is 0 Å². The molecule has 0 heterocycles. The fourth-order valence-corrected chi connectivity index (χ4v) is 2.01. The first-order chi connectivity index (χ1) is 8.90. The molecule has 19 heavy (non-hydrogen) atoms. The molecule has 0 fully saturated rings. The van der Waals surface area contributed by atoms with E-state index in [0.29, 0.717) is 12.0 Å². The highest BCUT2D eigenvalue weighted by atomic mass is 16.3. The Labute approximate surface area is 111 Å². The number of phenols is 4. The van der Waals surface area contributed by atoms with Gasteiger partial charge in [0, 0.05) is 12.0 Å². The summed E-state index contributed by atoms with van der Waals surface area (Å²) >= 11 is 0. The Bertz CT molecular complexity index is 633. The zero-order chi connectivity index (χ0) is 14.2. The van der Waals surface area contributed by atoms with Gasteiger partial charge in [-0.05, 0) is 42.7 Å². The summed E-state index contributed by atoms with van der Waals surface area (Å²) in [6.45, 7) is 3.66. The Kier molecular flexibility index (Phi) is 3.25. The van der Waals surface area contributed by atoms with Crippen molar-refractivity contribution in [1.82, 2.24) is 0 Å².